The van der Waals surface area contributed by atoms with Gasteiger partial charge < -0.3 is 15.0 Å². The summed E-state index contributed by atoms with van der Waals surface area (Å²) in [5.41, 5.74) is 0.629. The highest BCUT2D eigenvalue weighted by atomic mass is 35.5. The van der Waals surface area contributed by atoms with E-state index in [9.17, 15) is 18.0 Å². The van der Waals surface area contributed by atoms with Crippen LogP contribution in [0.1, 0.15) is 46.1 Å². The highest BCUT2D eigenvalue weighted by Crippen LogP contribution is 2.30. The third-order valence-electron chi connectivity index (χ3n) is 5.51. The molecule has 0 heterocycles. The fraction of sp³-hybridized carbons (Fsp3) is 0.462. The van der Waals surface area contributed by atoms with Crippen LogP contribution in [0.15, 0.2) is 42.5 Å². The van der Waals surface area contributed by atoms with Crippen molar-refractivity contribution in [1.82, 2.24) is 10.2 Å². The minimum Gasteiger partial charge on any atom is -0.495 e. The Balaban J connectivity index is 2.24. The topological polar surface area (TPSA) is 96.0 Å². The first-order valence-corrected chi connectivity index (χ1v) is 14.4. The molecule has 0 aliphatic heterocycles. The molecular weight excluding hydrogens is 537 g/mol. The predicted octanol–water partition coefficient (Wildman–Crippen LogP) is 4.88. The van der Waals surface area contributed by atoms with E-state index in [0.717, 1.165) is 6.26 Å². The molecule has 37 heavy (non-hydrogen) atoms. The van der Waals surface area contributed by atoms with Gasteiger partial charge in [0.05, 0.1) is 29.1 Å². The molecule has 0 aromatic heterocycles. The number of carbonyl (C=O) groups excluding carboxylic acids is 2. The number of para-hydroxylation sites is 2. The van der Waals surface area contributed by atoms with Crippen molar-refractivity contribution in [3.05, 3.63) is 58.1 Å². The Kier molecular flexibility index (Phi) is 10.7. The van der Waals surface area contributed by atoms with E-state index in [1.54, 1.807) is 49.4 Å². The average Bonchev–Trinajstić information content (AvgIpc) is 2.80. The van der Waals surface area contributed by atoms with Gasteiger partial charge in [0.15, 0.2) is 0 Å². The summed E-state index contributed by atoms with van der Waals surface area (Å²) in [5.74, 6) is -0.184. The molecule has 0 aliphatic rings. The van der Waals surface area contributed by atoms with E-state index < -0.39 is 21.6 Å². The number of carbonyl (C=O) groups is 2. The molecule has 204 valence electrons. The second kappa shape index (κ2) is 12.8. The molecule has 0 saturated heterocycles. The zero-order valence-electron chi connectivity index (χ0n) is 22.0. The fourth-order valence-corrected chi connectivity index (χ4v) is 5.00. The third-order valence-corrected chi connectivity index (χ3v) is 7.43. The summed E-state index contributed by atoms with van der Waals surface area (Å²) in [5, 5.41) is 3.64. The van der Waals surface area contributed by atoms with Crippen molar-refractivity contribution in [2.24, 2.45) is 0 Å². The van der Waals surface area contributed by atoms with Crippen LogP contribution in [-0.4, -0.2) is 56.6 Å². The van der Waals surface area contributed by atoms with Crippen LogP contribution < -0.4 is 14.4 Å². The number of hydrogen-bond acceptors (Lipinski definition) is 5. The number of nitrogens with zero attached hydrogens (tertiary/aromatic N) is 2. The first-order chi connectivity index (χ1) is 17.1. The summed E-state index contributed by atoms with van der Waals surface area (Å²) in [7, 11) is -2.17. The molecule has 2 aromatic carbocycles. The molecule has 0 saturated carbocycles. The lowest BCUT2D eigenvalue weighted by atomic mass is 10.1. The zero-order chi connectivity index (χ0) is 28.0. The zero-order valence-corrected chi connectivity index (χ0v) is 24.4. The molecule has 2 amide bonds. The minimum atomic E-state index is -3.64. The lowest BCUT2D eigenvalue weighted by Crippen LogP contribution is -2.52. The molecule has 8 nitrogen and oxygen atoms in total. The maximum atomic E-state index is 13.4. The van der Waals surface area contributed by atoms with Gasteiger partial charge in [-0.15, -0.1) is 0 Å². The van der Waals surface area contributed by atoms with Gasteiger partial charge in [0.25, 0.3) is 0 Å². The SMILES string of the molecule is COc1ccccc1N(CCCC(=O)N(Cc1ccc(Cl)c(Cl)c1)C(C)C(=O)NC(C)(C)C)S(C)(=O)=O. The molecule has 0 fully saturated rings. The van der Waals surface area contributed by atoms with E-state index in [1.807, 2.05) is 20.8 Å². The summed E-state index contributed by atoms with van der Waals surface area (Å²) >= 11 is 12.2. The Labute approximate surface area is 229 Å². The lowest BCUT2D eigenvalue weighted by Gasteiger charge is -2.32. The van der Waals surface area contributed by atoms with E-state index in [2.05, 4.69) is 5.32 Å². The summed E-state index contributed by atoms with van der Waals surface area (Å²) in [6.45, 7) is 7.44. The van der Waals surface area contributed by atoms with Crippen LogP contribution in [0.25, 0.3) is 0 Å². The summed E-state index contributed by atoms with van der Waals surface area (Å²) in [6.07, 6.45) is 1.36. The van der Waals surface area contributed by atoms with Crippen molar-refractivity contribution >= 4 is 50.7 Å². The van der Waals surface area contributed by atoms with Gasteiger partial charge in [0, 0.05) is 25.0 Å². The summed E-state index contributed by atoms with van der Waals surface area (Å²) in [6, 6.07) is 11.1. The molecule has 0 spiro atoms. The van der Waals surface area contributed by atoms with E-state index >= 15 is 0 Å². The van der Waals surface area contributed by atoms with Gasteiger partial charge >= 0.3 is 0 Å². The molecule has 1 atom stereocenters. The Bertz CT molecular complexity index is 1210. The lowest BCUT2D eigenvalue weighted by molar-refractivity contribution is -0.141. The molecule has 2 aromatic rings. The van der Waals surface area contributed by atoms with Crippen LogP contribution in [0.5, 0.6) is 5.75 Å². The van der Waals surface area contributed by atoms with Crippen molar-refractivity contribution in [3.63, 3.8) is 0 Å². The largest absolute Gasteiger partial charge is 0.495 e. The van der Waals surface area contributed by atoms with Crippen LogP contribution in [0, 0.1) is 0 Å². The maximum Gasteiger partial charge on any atom is 0.242 e. The van der Waals surface area contributed by atoms with Gasteiger partial charge in [-0.2, -0.15) is 0 Å². The van der Waals surface area contributed by atoms with Crippen LogP contribution in [0.2, 0.25) is 10.0 Å². The predicted molar refractivity (Wildman–Crippen MR) is 149 cm³/mol. The van der Waals surface area contributed by atoms with Crippen molar-refractivity contribution < 1.29 is 22.7 Å². The molecule has 0 radical (unpaired) electrons. The highest BCUT2D eigenvalue weighted by molar-refractivity contribution is 7.92. The normalized spacial score (nSPS) is 12.5. The highest BCUT2D eigenvalue weighted by Gasteiger charge is 2.29. The second-order valence-electron chi connectivity index (χ2n) is 9.80. The van der Waals surface area contributed by atoms with Crippen LogP contribution in [-0.2, 0) is 26.2 Å². The molecule has 11 heteroatoms. The fourth-order valence-electron chi connectivity index (χ4n) is 3.71. The number of hydrogen-bond donors (Lipinski definition) is 1. The number of anilines is 1. The Hall–Kier alpha value is -2.49. The third kappa shape index (κ3) is 9.09. The second-order valence-corrected chi connectivity index (χ2v) is 12.5. The average molecular weight is 573 g/mol. The van der Waals surface area contributed by atoms with E-state index in [1.165, 1.54) is 16.3 Å². The standard InChI is InChI=1S/C26H35Cl2N3O5S/c1-18(25(33)29-26(2,3)4)30(17-19-13-14-20(27)21(28)16-19)24(32)12-9-15-31(37(6,34)35)22-10-7-8-11-23(22)36-5/h7-8,10-11,13-14,16,18H,9,12,15,17H2,1-6H3,(H,29,33). The van der Waals surface area contributed by atoms with Crippen LogP contribution in [0.4, 0.5) is 5.69 Å². The van der Waals surface area contributed by atoms with Gasteiger partial charge in [-0.25, -0.2) is 8.42 Å². The molecule has 1 N–H and O–H groups in total. The van der Waals surface area contributed by atoms with Crippen LogP contribution >= 0.6 is 23.2 Å². The molecular formula is C26H35Cl2N3O5S. The molecule has 0 aliphatic carbocycles. The van der Waals surface area contributed by atoms with Gasteiger partial charge in [-0.05, 0) is 63.9 Å². The van der Waals surface area contributed by atoms with Crippen molar-refractivity contribution in [1.29, 1.82) is 0 Å². The minimum absolute atomic E-state index is 0.0234. The van der Waals surface area contributed by atoms with E-state index in [0.29, 0.717) is 27.0 Å². The van der Waals surface area contributed by atoms with Gasteiger partial charge in [-0.3, -0.25) is 13.9 Å². The van der Waals surface area contributed by atoms with Crippen LogP contribution in [0.3, 0.4) is 0 Å². The monoisotopic (exact) mass is 571 g/mol. The number of nitrogens with one attached hydrogen (secondary N) is 1. The molecule has 0 bridgehead atoms. The van der Waals surface area contributed by atoms with Crippen molar-refractivity contribution in [3.8, 4) is 5.75 Å². The Morgan fingerprint density at radius 3 is 2.30 bits per heavy atom. The number of amides is 2. The van der Waals surface area contributed by atoms with E-state index in [4.69, 9.17) is 27.9 Å². The number of methoxy groups -OCH3 is 1. The first-order valence-electron chi connectivity index (χ1n) is 11.8. The molecule has 1 unspecified atom stereocenters. The maximum absolute atomic E-state index is 13.4. The van der Waals surface area contributed by atoms with Gasteiger partial charge in [0.1, 0.15) is 11.8 Å². The van der Waals surface area contributed by atoms with E-state index in [-0.39, 0.29) is 37.7 Å². The number of benzene rings is 2. The Morgan fingerprint density at radius 2 is 1.73 bits per heavy atom. The molecule has 2 rings (SSSR count). The van der Waals surface area contributed by atoms with Crippen molar-refractivity contribution in [2.45, 2.75) is 58.7 Å². The number of ether oxygens (including phenoxy) is 1. The summed E-state index contributed by atoms with van der Waals surface area (Å²) in [4.78, 5) is 27.8. The van der Waals surface area contributed by atoms with Crippen molar-refractivity contribution in [2.75, 3.05) is 24.2 Å². The first kappa shape index (κ1) is 30.7. The number of sulfonamides is 1. The smallest absolute Gasteiger partial charge is 0.242 e. The summed E-state index contributed by atoms with van der Waals surface area (Å²) < 4.78 is 31.6. The number of halogens is 2. The Morgan fingerprint density at radius 1 is 1.08 bits per heavy atom. The van der Waals surface area contributed by atoms with Gasteiger partial charge in [-0.1, -0.05) is 41.4 Å². The number of rotatable bonds is 11. The van der Waals surface area contributed by atoms with Gasteiger partial charge in [0.2, 0.25) is 21.8 Å². The quantitative estimate of drug-likeness (QED) is 0.414.